The van der Waals surface area contributed by atoms with Crippen LogP contribution in [-0.2, 0) is 0 Å². The molecule has 2 nitrogen and oxygen atoms in total. The summed E-state index contributed by atoms with van der Waals surface area (Å²) in [7, 11) is 0. The maximum Gasteiger partial charge on any atom is 0.0930 e. The van der Waals surface area contributed by atoms with Gasteiger partial charge >= 0.3 is 0 Å². The minimum absolute atomic E-state index is 1.09. The monoisotopic (exact) mass is 108 g/mol. The molecule has 2 heteroatoms. The zero-order valence-corrected chi connectivity index (χ0v) is 4.89. The van der Waals surface area contributed by atoms with Gasteiger partial charge in [0.25, 0.3) is 0 Å². The highest BCUT2D eigenvalue weighted by Crippen LogP contribution is 2.11. The Morgan fingerprint density at radius 1 is 1.75 bits per heavy atom. The SMILES string of the molecule is C/C(=C/C#N)N1CC1. The predicted octanol–water partition coefficient (Wildman–Crippen LogP) is 0.729. The molecular formula is C6H8N2. The third-order valence-corrected chi connectivity index (χ3v) is 1.22. The zero-order chi connectivity index (χ0) is 5.98. The molecule has 1 heterocycles. The molecule has 0 atom stereocenters. The van der Waals surface area contributed by atoms with Gasteiger partial charge in [0.2, 0.25) is 0 Å². The number of hydrogen-bond acceptors (Lipinski definition) is 2. The molecule has 0 aliphatic carbocycles. The summed E-state index contributed by atoms with van der Waals surface area (Å²) in [4.78, 5) is 2.14. The molecule has 1 aliphatic rings. The minimum Gasteiger partial charge on any atom is -0.371 e. The van der Waals surface area contributed by atoms with Crippen LogP contribution in [0.5, 0.6) is 0 Å². The second-order valence-electron chi connectivity index (χ2n) is 1.90. The molecule has 1 fully saturated rings. The second kappa shape index (κ2) is 1.87. The Balaban J connectivity index is 2.45. The Morgan fingerprint density at radius 3 is 2.75 bits per heavy atom. The van der Waals surface area contributed by atoms with Gasteiger partial charge in [-0.3, -0.25) is 0 Å². The molecule has 0 bridgehead atoms. The predicted molar refractivity (Wildman–Crippen MR) is 30.9 cm³/mol. The third-order valence-electron chi connectivity index (χ3n) is 1.22. The molecule has 8 heavy (non-hydrogen) atoms. The van der Waals surface area contributed by atoms with Crippen LogP contribution >= 0.6 is 0 Å². The Morgan fingerprint density at radius 2 is 2.38 bits per heavy atom. The van der Waals surface area contributed by atoms with Crippen molar-refractivity contribution in [2.24, 2.45) is 0 Å². The topological polar surface area (TPSA) is 26.8 Å². The molecule has 0 aromatic heterocycles. The highest BCUT2D eigenvalue weighted by atomic mass is 15.3. The Bertz CT molecular complexity index is 148. The van der Waals surface area contributed by atoms with Crippen molar-refractivity contribution in [2.45, 2.75) is 6.92 Å². The molecule has 1 aliphatic heterocycles. The van der Waals surface area contributed by atoms with Crippen LogP contribution in [0, 0.1) is 11.3 Å². The van der Waals surface area contributed by atoms with E-state index in [-0.39, 0.29) is 0 Å². The summed E-state index contributed by atoms with van der Waals surface area (Å²) in [5.74, 6) is 0. The third kappa shape index (κ3) is 1.00. The van der Waals surface area contributed by atoms with Crippen molar-refractivity contribution < 1.29 is 0 Å². The Hall–Kier alpha value is -0.970. The summed E-state index contributed by atoms with van der Waals surface area (Å²) in [6, 6.07) is 1.99. The first-order chi connectivity index (χ1) is 3.84. The fourth-order valence-electron chi connectivity index (χ4n) is 0.587. The van der Waals surface area contributed by atoms with Crippen LogP contribution < -0.4 is 0 Å². The summed E-state index contributed by atoms with van der Waals surface area (Å²) in [6.45, 7) is 4.21. The highest BCUT2D eigenvalue weighted by Gasteiger charge is 2.16. The molecule has 1 saturated heterocycles. The average molecular weight is 108 g/mol. The molecule has 1 rings (SSSR count). The lowest BCUT2D eigenvalue weighted by Gasteiger charge is -1.95. The van der Waals surface area contributed by atoms with E-state index in [1.165, 1.54) is 0 Å². The van der Waals surface area contributed by atoms with Crippen LogP contribution in [0.15, 0.2) is 11.8 Å². The van der Waals surface area contributed by atoms with E-state index in [1.807, 2.05) is 13.0 Å². The molecule has 0 N–H and O–H groups in total. The fraction of sp³-hybridized carbons (Fsp3) is 0.500. The van der Waals surface area contributed by atoms with E-state index in [0.29, 0.717) is 0 Å². The van der Waals surface area contributed by atoms with Gasteiger partial charge < -0.3 is 4.90 Å². The minimum atomic E-state index is 1.09. The number of allylic oxidation sites excluding steroid dienone is 2. The van der Waals surface area contributed by atoms with E-state index in [0.717, 1.165) is 18.8 Å². The van der Waals surface area contributed by atoms with Gasteiger partial charge in [-0.2, -0.15) is 5.26 Å². The van der Waals surface area contributed by atoms with Gasteiger partial charge in [0, 0.05) is 24.9 Å². The van der Waals surface area contributed by atoms with Crippen LogP contribution in [0.3, 0.4) is 0 Å². The summed E-state index contributed by atoms with van der Waals surface area (Å²) in [5, 5.41) is 8.16. The fourth-order valence-corrected chi connectivity index (χ4v) is 0.587. The van der Waals surface area contributed by atoms with E-state index in [9.17, 15) is 0 Å². The normalized spacial score (nSPS) is 18.0. The molecule has 0 spiro atoms. The zero-order valence-electron chi connectivity index (χ0n) is 4.89. The van der Waals surface area contributed by atoms with E-state index < -0.39 is 0 Å². The molecule has 0 saturated carbocycles. The molecule has 0 amide bonds. The van der Waals surface area contributed by atoms with Crippen molar-refractivity contribution in [3.63, 3.8) is 0 Å². The van der Waals surface area contributed by atoms with Crippen molar-refractivity contribution in [1.29, 1.82) is 5.26 Å². The largest absolute Gasteiger partial charge is 0.371 e. The molecule has 42 valence electrons. The molecule has 0 unspecified atom stereocenters. The van der Waals surface area contributed by atoms with Crippen LogP contribution in [0.4, 0.5) is 0 Å². The summed E-state index contributed by atoms with van der Waals surface area (Å²) >= 11 is 0. The number of hydrogen-bond donors (Lipinski definition) is 0. The Labute approximate surface area is 49.0 Å². The van der Waals surface area contributed by atoms with Crippen LogP contribution in [0.25, 0.3) is 0 Å². The van der Waals surface area contributed by atoms with E-state index in [1.54, 1.807) is 6.08 Å². The van der Waals surface area contributed by atoms with Gasteiger partial charge in [-0.25, -0.2) is 0 Å². The first-order valence-corrected chi connectivity index (χ1v) is 2.66. The van der Waals surface area contributed by atoms with Gasteiger partial charge in [-0.05, 0) is 6.92 Å². The number of nitriles is 1. The summed E-state index contributed by atoms with van der Waals surface area (Å²) < 4.78 is 0. The lowest BCUT2D eigenvalue weighted by Crippen LogP contribution is -1.89. The van der Waals surface area contributed by atoms with Crippen LogP contribution in [0.1, 0.15) is 6.92 Å². The van der Waals surface area contributed by atoms with Gasteiger partial charge in [0.15, 0.2) is 0 Å². The lowest BCUT2D eigenvalue weighted by atomic mass is 10.4. The maximum absolute atomic E-state index is 8.16. The van der Waals surface area contributed by atoms with Crippen molar-refractivity contribution in [1.82, 2.24) is 4.90 Å². The summed E-state index contributed by atoms with van der Waals surface area (Å²) in [5.41, 5.74) is 1.09. The molecule has 0 radical (unpaired) electrons. The molecule has 0 aromatic carbocycles. The van der Waals surface area contributed by atoms with Gasteiger partial charge in [0.05, 0.1) is 6.07 Å². The smallest absolute Gasteiger partial charge is 0.0930 e. The molecular weight excluding hydrogens is 100 g/mol. The van der Waals surface area contributed by atoms with Gasteiger partial charge in [-0.15, -0.1) is 0 Å². The van der Waals surface area contributed by atoms with Crippen LogP contribution in [0.2, 0.25) is 0 Å². The van der Waals surface area contributed by atoms with E-state index >= 15 is 0 Å². The van der Waals surface area contributed by atoms with Crippen molar-refractivity contribution in [3.05, 3.63) is 11.8 Å². The molecule has 0 aromatic rings. The average Bonchev–Trinajstić information content (AvgIpc) is 2.45. The first kappa shape index (κ1) is 5.17. The van der Waals surface area contributed by atoms with Crippen LogP contribution in [-0.4, -0.2) is 18.0 Å². The Kier molecular flexibility index (Phi) is 1.21. The van der Waals surface area contributed by atoms with Crippen molar-refractivity contribution in [3.8, 4) is 6.07 Å². The maximum atomic E-state index is 8.16. The van der Waals surface area contributed by atoms with Crippen molar-refractivity contribution >= 4 is 0 Å². The van der Waals surface area contributed by atoms with Gasteiger partial charge in [-0.1, -0.05) is 0 Å². The second-order valence-corrected chi connectivity index (χ2v) is 1.90. The van der Waals surface area contributed by atoms with Crippen molar-refractivity contribution in [2.75, 3.05) is 13.1 Å². The quantitative estimate of drug-likeness (QED) is 0.365. The highest BCUT2D eigenvalue weighted by molar-refractivity contribution is 5.13. The van der Waals surface area contributed by atoms with Gasteiger partial charge in [0.1, 0.15) is 0 Å². The summed E-state index contributed by atoms with van der Waals surface area (Å²) in [6.07, 6.45) is 1.58. The standard InChI is InChI=1S/C6H8N2/c1-6(2-3-7)8-4-5-8/h2H,4-5H2,1H3/b6-2-. The number of rotatable bonds is 1. The first-order valence-electron chi connectivity index (χ1n) is 2.66. The van der Waals surface area contributed by atoms with E-state index in [2.05, 4.69) is 4.90 Å². The van der Waals surface area contributed by atoms with E-state index in [4.69, 9.17) is 5.26 Å². The lowest BCUT2D eigenvalue weighted by molar-refractivity contribution is 0.699. The number of nitrogens with zero attached hydrogens (tertiary/aromatic N) is 2.